The van der Waals surface area contributed by atoms with Crippen molar-refractivity contribution in [3.05, 3.63) is 59.7 Å². The molecular weight excluding hydrogens is 582 g/mol. The number of guanidine groups is 1. The number of para-hydroxylation sites is 2. The molecular formula is C35H49N7O4. The molecule has 5 rings (SSSR count). The van der Waals surface area contributed by atoms with Crippen molar-refractivity contribution < 1.29 is 19.1 Å². The molecule has 0 unspecified atom stereocenters. The summed E-state index contributed by atoms with van der Waals surface area (Å²) in [5.41, 5.74) is 3.16. The summed E-state index contributed by atoms with van der Waals surface area (Å²) in [6.07, 6.45) is 5.63. The Morgan fingerprint density at radius 1 is 1.02 bits per heavy atom. The van der Waals surface area contributed by atoms with E-state index in [0.717, 1.165) is 55.5 Å². The summed E-state index contributed by atoms with van der Waals surface area (Å²) in [5.74, 6) is 1.38. The zero-order valence-electron chi connectivity index (χ0n) is 28.4. The fourth-order valence-corrected chi connectivity index (χ4v) is 6.41. The van der Waals surface area contributed by atoms with Crippen molar-refractivity contribution in [3.8, 4) is 0 Å². The monoisotopic (exact) mass is 631 g/mol. The van der Waals surface area contributed by atoms with Gasteiger partial charge in [0.2, 0.25) is 5.96 Å². The summed E-state index contributed by atoms with van der Waals surface area (Å²) in [5, 5.41) is 2.73. The lowest BCUT2D eigenvalue weighted by Crippen LogP contribution is -2.50. The van der Waals surface area contributed by atoms with E-state index in [0.29, 0.717) is 19.6 Å². The van der Waals surface area contributed by atoms with E-state index in [-0.39, 0.29) is 17.9 Å². The van der Waals surface area contributed by atoms with Gasteiger partial charge in [0.15, 0.2) is 0 Å². The average molecular weight is 632 g/mol. The van der Waals surface area contributed by atoms with Crippen LogP contribution in [0.25, 0.3) is 11.0 Å². The Bertz CT molecular complexity index is 1570. The van der Waals surface area contributed by atoms with Gasteiger partial charge in [-0.25, -0.2) is 14.6 Å². The van der Waals surface area contributed by atoms with Crippen LogP contribution in [0.1, 0.15) is 90.3 Å². The minimum Gasteiger partial charge on any atom is -0.444 e. The first-order valence-electron chi connectivity index (χ1n) is 16.4. The van der Waals surface area contributed by atoms with Crippen molar-refractivity contribution in [1.29, 1.82) is 0 Å². The predicted molar refractivity (Wildman–Crippen MR) is 178 cm³/mol. The number of pyridine rings is 1. The maximum atomic E-state index is 12.8. The fourth-order valence-electron chi connectivity index (χ4n) is 6.41. The van der Waals surface area contributed by atoms with Crippen LogP contribution in [0.15, 0.2) is 47.6 Å². The van der Waals surface area contributed by atoms with Crippen LogP contribution in [-0.2, 0) is 29.0 Å². The third-order valence-electron chi connectivity index (χ3n) is 8.28. The number of hydrogen-bond acceptors (Lipinski definition) is 7. The Balaban J connectivity index is 1.37. The number of alkyl carbamates (subject to hydrolysis) is 1. The van der Waals surface area contributed by atoms with Gasteiger partial charge < -0.3 is 18.9 Å². The standard InChI is InChI=1S/C35H49N7O4/c1-34(2,3)45-32(43)38-31(39-33(44)46-35(4,5)6)41-20-12-13-24(21-41)22-42-27-17-9-8-16-26(27)37-29(42)23-40(7)28-18-10-14-25-15-11-19-36-30(25)28/h8-9,11,15-17,19,24,28H,10,12-14,18,20-23H2,1-7H3,(H,38,39,43,44)/t24-,28+/m1/s1. The van der Waals surface area contributed by atoms with Gasteiger partial charge in [-0.15, -0.1) is 4.99 Å². The molecule has 0 radical (unpaired) electrons. The molecule has 11 nitrogen and oxygen atoms in total. The van der Waals surface area contributed by atoms with Crippen LogP contribution in [0, 0.1) is 5.92 Å². The molecule has 1 fully saturated rings. The summed E-state index contributed by atoms with van der Waals surface area (Å²) in [6.45, 7) is 13.4. The van der Waals surface area contributed by atoms with Crippen molar-refractivity contribution >= 4 is 29.2 Å². The van der Waals surface area contributed by atoms with Crippen LogP contribution >= 0.6 is 0 Å². The van der Waals surface area contributed by atoms with E-state index in [1.165, 1.54) is 11.3 Å². The van der Waals surface area contributed by atoms with Gasteiger partial charge in [0.1, 0.15) is 17.0 Å². The lowest BCUT2D eigenvalue weighted by molar-refractivity contribution is 0.0551. The second-order valence-corrected chi connectivity index (χ2v) is 14.5. The minimum absolute atomic E-state index is 0.145. The van der Waals surface area contributed by atoms with Crippen LogP contribution in [-0.4, -0.2) is 73.8 Å². The van der Waals surface area contributed by atoms with Crippen molar-refractivity contribution in [2.45, 2.75) is 104 Å². The van der Waals surface area contributed by atoms with Crippen molar-refractivity contribution in [2.24, 2.45) is 10.9 Å². The number of ether oxygens (including phenoxy) is 2. The number of imidazole rings is 1. The highest BCUT2D eigenvalue weighted by Gasteiger charge is 2.30. The Morgan fingerprint density at radius 2 is 1.78 bits per heavy atom. The smallest absolute Gasteiger partial charge is 0.437 e. The van der Waals surface area contributed by atoms with Crippen LogP contribution < -0.4 is 5.32 Å². The Kier molecular flexibility index (Phi) is 10.0. The number of aromatic nitrogens is 3. The van der Waals surface area contributed by atoms with Crippen LogP contribution in [0.5, 0.6) is 0 Å². The van der Waals surface area contributed by atoms with E-state index in [4.69, 9.17) is 19.4 Å². The van der Waals surface area contributed by atoms with E-state index in [1.54, 1.807) is 41.5 Å². The normalized spacial score (nSPS) is 19.2. The first kappa shape index (κ1) is 33.4. The van der Waals surface area contributed by atoms with E-state index in [2.05, 4.69) is 51.1 Å². The zero-order valence-corrected chi connectivity index (χ0v) is 28.4. The molecule has 11 heteroatoms. The molecule has 2 amide bonds. The van der Waals surface area contributed by atoms with Gasteiger partial charge in [-0.05, 0) is 110 Å². The quantitative estimate of drug-likeness (QED) is 0.252. The first-order valence-corrected chi connectivity index (χ1v) is 16.4. The summed E-state index contributed by atoms with van der Waals surface area (Å²) in [7, 11) is 2.17. The topological polar surface area (TPSA) is 114 Å². The first-order chi connectivity index (χ1) is 21.8. The van der Waals surface area contributed by atoms with Crippen molar-refractivity contribution in [1.82, 2.24) is 29.7 Å². The van der Waals surface area contributed by atoms with Gasteiger partial charge in [0.05, 0.1) is 29.3 Å². The minimum atomic E-state index is -0.759. The fraction of sp³-hybridized carbons (Fsp3) is 0.571. The molecule has 1 N–H and O–H groups in total. The number of fused-ring (bicyclic) bond motifs is 2. The summed E-state index contributed by atoms with van der Waals surface area (Å²) >= 11 is 0. The molecule has 0 saturated carbocycles. The van der Waals surface area contributed by atoms with E-state index in [9.17, 15) is 9.59 Å². The number of nitrogens with one attached hydrogen (secondary N) is 1. The number of likely N-dealkylation sites (tertiary alicyclic amines) is 1. The van der Waals surface area contributed by atoms with E-state index < -0.39 is 23.4 Å². The van der Waals surface area contributed by atoms with E-state index in [1.807, 2.05) is 23.2 Å². The second kappa shape index (κ2) is 13.8. The molecule has 2 aliphatic rings. The molecule has 1 aliphatic heterocycles. The third-order valence-corrected chi connectivity index (χ3v) is 8.28. The number of amides is 2. The van der Waals surface area contributed by atoms with E-state index >= 15 is 0 Å². The summed E-state index contributed by atoms with van der Waals surface area (Å²) < 4.78 is 13.3. The van der Waals surface area contributed by atoms with Crippen LogP contribution in [0.3, 0.4) is 0 Å². The number of carbonyl (C=O) groups is 2. The van der Waals surface area contributed by atoms with Crippen molar-refractivity contribution in [3.63, 3.8) is 0 Å². The molecule has 2 aromatic heterocycles. The Hall–Kier alpha value is -3.99. The Labute approximate surface area is 272 Å². The van der Waals surface area contributed by atoms with Gasteiger partial charge in [-0.3, -0.25) is 15.2 Å². The van der Waals surface area contributed by atoms with Crippen molar-refractivity contribution in [2.75, 3.05) is 20.1 Å². The lowest BCUT2D eigenvalue weighted by atomic mass is 9.91. The van der Waals surface area contributed by atoms with Gasteiger partial charge in [0.25, 0.3) is 0 Å². The molecule has 1 saturated heterocycles. The average Bonchev–Trinajstić information content (AvgIpc) is 3.31. The number of carbonyl (C=O) groups excluding carboxylic acids is 2. The Morgan fingerprint density at radius 3 is 2.54 bits per heavy atom. The number of piperidine rings is 1. The highest BCUT2D eigenvalue weighted by Crippen LogP contribution is 2.33. The largest absolute Gasteiger partial charge is 0.444 e. The summed E-state index contributed by atoms with van der Waals surface area (Å²) in [4.78, 5) is 44.0. The predicted octanol–water partition coefficient (Wildman–Crippen LogP) is 6.47. The number of hydrogen-bond donors (Lipinski definition) is 1. The lowest BCUT2D eigenvalue weighted by Gasteiger charge is -2.35. The van der Waals surface area contributed by atoms with Gasteiger partial charge in [0, 0.05) is 25.8 Å². The molecule has 1 aliphatic carbocycles. The maximum absolute atomic E-state index is 12.8. The maximum Gasteiger partial charge on any atom is 0.437 e. The number of aryl methyl sites for hydroxylation is 1. The number of aliphatic imine (C=N–C) groups is 1. The number of rotatable bonds is 5. The molecule has 3 heterocycles. The number of benzene rings is 1. The van der Waals surface area contributed by atoms with Gasteiger partial charge >= 0.3 is 12.2 Å². The highest BCUT2D eigenvalue weighted by atomic mass is 16.6. The molecule has 3 aromatic rings. The summed E-state index contributed by atoms with van der Waals surface area (Å²) in [6, 6.07) is 12.7. The molecule has 0 bridgehead atoms. The molecule has 2 atom stereocenters. The molecule has 1 aromatic carbocycles. The highest BCUT2D eigenvalue weighted by molar-refractivity contribution is 5.99. The third kappa shape index (κ3) is 8.63. The molecule has 248 valence electrons. The van der Waals surface area contributed by atoms with Gasteiger partial charge in [-0.1, -0.05) is 18.2 Å². The van der Waals surface area contributed by atoms with Gasteiger partial charge in [-0.2, -0.15) is 0 Å². The zero-order chi connectivity index (χ0) is 33.1. The molecule has 46 heavy (non-hydrogen) atoms. The SMILES string of the molecule is CN(Cc1nc2ccccc2n1C[C@@H]1CCCN(C(=NC(=O)OC(C)(C)C)NC(=O)OC(C)(C)C)C1)[C@H]1CCCc2cccnc21. The van der Waals surface area contributed by atoms with Crippen LogP contribution in [0.4, 0.5) is 9.59 Å². The van der Waals surface area contributed by atoms with Crippen LogP contribution in [0.2, 0.25) is 0 Å². The second-order valence-electron chi connectivity index (χ2n) is 14.5. The molecule has 0 spiro atoms. The number of nitrogens with zero attached hydrogens (tertiary/aromatic N) is 6.